The van der Waals surface area contributed by atoms with Crippen LogP contribution in [0.5, 0.6) is 0 Å². The second kappa shape index (κ2) is 6.63. The lowest BCUT2D eigenvalue weighted by atomic mass is 9.95. The first-order chi connectivity index (χ1) is 12.1. The van der Waals surface area contributed by atoms with Crippen molar-refractivity contribution in [3.8, 4) is 0 Å². The lowest BCUT2D eigenvalue weighted by Crippen LogP contribution is -2.31. The van der Waals surface area contributed by atoms with Crippen LogP contribution in [0.1, 0.15) is 61.3 Å². The van der Waals surface area contributed by atoms with Gasteiger partial charge >= 0.3 is 11.7 Å². The average Bonchev–Trinajstić information content (AvgIpc) is 3.22. The summed E-state index contributed by atoms with van der Waals surface area (Å²) in [4.78, 5) is 28.8. The molecule has 0 spiro atoms. The molecule has 25 heavy (non-hydrogen) atoms. The SMILES string of the molecule is O=C(O)c1cnc2c(c1)n(CC1CCCO1)c(=O)n2C1CCCCC1. The predicted octanol–water partition coefficient (Wildman–Crippen LogP) is 2.58. The smallest absolute Gasteiger partial charge is 0.337 e. The topological polar surface area (TPSA) is 86.3 Å². The third-order valence-electron chi connectivity index (χ3n) is 5.40. The van der Waals surface area contributed by atoms with Gasteiger partial charge in [-0.2, -0.15) is 0 Å². The summed E-state index contributed by atoms with van der Waals surface area (Å²) in [7, 11) is 0. The Hall–Kier alpha value is -2.15. The first-order valence-electron chi connectivity index (χ1n) is 9.11. The van der Waals surface area contributed by atoms with E-state index < -0.39 is 5.97 Å². The van der Waals surface area contributed by atoms with Gasteiger partial charge in [-0.3, -0.25) is 9.13 Å². The summed E-state index contributed by atoms with van der Waals surface area (Å²) in [5.74, 6) is -1.03. The summed E-state index contributed by atoms with van der Waals surface area (Å²) < 4.78 is 9.14. The first-order valence-corrected chi connectivity index (χ1v) is 9.11. The van der Waals surface area contributed by atoms with Gasteiger partial charge in [0.05, 0.1) is 23.7 Å². The molecular weight excluding hydrogens is 322 g/mol. The number of hydrogen-bond acceptors (Lipinski definition) is 4. The van der Waals surface area contributed by atoms with E-state index in [0.717, 1.165) is 45.1 Å². The third-order valence-corrected chi connectivity index (χ3v) is 5.40. The van der Waals surface area contributed by atoms with Crippen LogP contribution in [-0.2, 0) is 11.3 Å². The highest BCUT2D eigenvalue weighted by Gasteiger charge is 2.26. The predicted molar refractivity (Wildman–Crippen MR) is 92.0 cm³/mol. The highest BCUT2D eigenvalue weighted by Crippen LogP contribution is 2.30. The van der Waals surface area contributed by atoms with Gasteiger partial charge in [-0.25, -0.2) is 14.6 Å². The third kappa shape index (κ3) is 2.97. The number of pyridine rings is 1. The zero-order valence-electron chi connectivity index (χ0n) is 14.2. The zero-order valence-corrected chi connectivity index (χ0v) is 14.2. The molecule has 1 aliphatic carbocycles. The fraction of sp³-hybridized carbons (Fsp3) is 0.611. The van der Waals surface area contributed by atoms with Gasteiger partial charge in [0.25, 0.3) is 0 Å². The second-order valence-corrected chi connectivity index (χ2v) is 7.06. The maximum absolute atomic E-state index is 13.1. The van der Waals surface area contributed by atoms with Gasteiger partial charge in [-0.1, -0.05) is 19.3 Å². The number of nitrogens with zero attached hydrogens (tertiary/aromatic N) is 3. The molecule has 4 rings (SSSR count). The zero-order chi connectivity index (χ0) is 17.4. The van der Waals surface area contributed by atoms with Gasteiger partial charge in [0.1, 0.15) is 0 Å². The Morgan fingerprint density at radius 3 is 2.72 bits per heavy atom. The van der Waals surface area contributed by atoms with E-state index >= 15 is 0 Å². The molecule has 0 aromatic carbocycles. The molecule has 1 atom stereocenters. The Balaban J connectivity index is 1.84. The maximum atomic E-state index is 13.1. The summed E-state index contributed by atoms with van der Waals surface area (Å²) in [5.41, 5.74) is 1.22. The average molecular weight is 345 g/mol. The summed E-state index contributed by atoms with van der Waals surface area (Å²) in [5, 5.41) is 9.29. The summed E-state index contributed by atoms with van der Waals surface area (Å²) in [6.45, 7) is 1.18. The van der Waals surface area contributed by atoms with Crippen molar-refractivity contribution in [3.63, 3.8) is 0 Å². The van der Waals surface area contributed by atoms with Crippen LogP contribution < -0.4 is 5.69 Å². The quantitative estimate of drug-likeness (QED) is 0.920. The molecule has 2 aliphatic rings. The van der Waals surface area contributed by atoms with Gasteiger partial charge in [0.15, 0.2) is 5.65 Å². The summed E-state index contributed by atoms with van der Waals surface area (Å²) >= 11 is 0. The van der Waals surface area contributed by atoms with Crippen LogP contribution in [0.4, 0.5) is 0 Å². The van der Waals surface area contributed by atoms with Crippen LogP contribution >= 0.6 is 0 Å². The number of aromatic carboxylic acids is 1. The van der Waals surface area contributed by atoms with Crippen molar-refractivity contribution in [1.82, 2.24) is 14.1 Å². The molecule has 3 heterocycles. The van der Waals surface area contributed by atoms with Gasteiger partial charge in [0.2, 0.25) is 0 Å². The number of rotatable bonds is 4. The van der Waals surface area contributed by atoms with E-state index in [1.807, 2.05) is 0 Å². The number of aromatic nitrogens is 3. The fourth-order valence-corrected chi connectivity index (χ4v) is 4.11. The van der Waals surface area contributed by atoms with Crippen molar-refractivity contribution in [3.05, 3.63) is 28.3 Å². The van der Waals surface area contributed by atoms with Crippen LogP contribution in [0.15, 0.2) is 17.1 Å². The molecule has 1 saturated carbocycles. The van der Waals surface area contributed by atoms with Crippen LogP contribution in [0.2, 0.25) is 0 Å². The standard InChI is InChI=1S/C18H23N3O4/c22-17(23)12-9-15-16(19-10-12)21(13-5-2-1-3-6-13)18(24)20(15)11-14-7-4-8-25-14/h9-10,13-14H,1-8,11H2,(H,22,23). The molecule has 1 unspecified atom stereocenters. The first kappa shape index (κ1) is 16.3. The number of ether oxygens (including phenoxy) is 1. The van der Waals surface area contributed by atoms with Gasteiger partial charge in [0, 0.05) is 18.8 Å². The number of carboxylic acid groups (broad SMARTS) is 1. The van der Waals surface area contributed by atoms with Gasteiger partial charge < -0.3 is 9.84 Å². The minimum Gasteiger partial charge on any atom is -0.478 e. The van der Waals surface area contributed by atoms with Crippen molar-refractivity contribution in [2.75, 3.05) is 6.61 Å². The number of imidazole rings is 1. The Morgan fingerprint density at radius 2 is 2.04 bits per heavy atom. The van der Waals surface area contributed by atoms with E-state index in [-0.39, 0.29) is 23.4 Å². The van der Waals surface area contributed by atoms with Crippen molar-refractivity contribution in [2.24, 2.45) is 0 Å². The maximum Gasteiger partial charge on any atom is 0.337 e. The van der Waals surface area contributed by atoms with Crippen molar-refractivity contribution < 1.29 is 14.6 Å². The number of hydrogen-bond donors (Lipinski definition) is 1. The second-order valence-electron chi connectivity index (χ2n) is 7.06. The van der Waals surface area contributed by atoms with E-state index in [4.69, 9.17) is 4.74 Å². The molecular formula is C18H23N3O4. The molecule has 0 amide bonds. The molecule has 1 N–H and O–H groups in total. The van der Waals surface area contributed by atoms with Crippen LogP contribution in [0.25, 0.3) is 11.2 Å². The van der Waals surface area contributed by atoms with E-state index in [0.29, 0.717) is 17.7 Å². The fourth-order valence-electron chi connectivity index (χ4n) is 4.11. The van der Waals surface area contributed by atoms with Gasteiger partial charge in [-0.15, -0.1) is 0 Å². The van der Waals surface area contributed by atoms with E-state index in [1.54, 1.807) is 15.2 Å². The molecule has 1 saturated heterocycles. The van der Waals surface area contributed by atoms with Crippen molar-refractivity contribution in [2.45, 2.75) is 63.6 Å². The Kier molecular flexibility index (Phi) is 4.33. The van der Waals surface area contributed by atoms with E-state index in [1.165, 1.54) is 12.6 Å². The van der Waals surface area contributed by atoms with Crippen LogP contribution in [0.3, 0.4) is 0 Å². The largest absolute Gasteiger partial charge is 0.478 e. The molecule has 7 nitrogen and oxygen atoms in total. The summed E-state index contributed by atoms with van der Waals surface area (Å²) in [6.07, 6.45) is 8.66. The molecule has 2 fully saturated rings. The van der Waals surface area contributed by atoms with Crippen molar-refractivity contribution in [1.29, 1.82) is 0 Å². The Bertz CT molecular complexity index is 842. The van der Waals surface area contributed by atoms with E-state index in [2.05, 4.69) is 4.98 Å². The normalized spacial score (nSPS) is 21.8. The highest BCUT2D eigenvalue weighted by atomic mass is 16.5. The minimum atomic E-state index is -1.03. The van der Waals surface area contributed by atoms with Gasteiger partial charge in [-0.05, 0) is 31.7 Å². The molecule has 1 aliphatic heterocycles. The molecule has 134 valence electrons. The lowest BCUT2D eigenvalue weighted by Gasteiger charge is -2.22. The molecule has 2 aromatic rings. The van der Waals surface area contributed by atoms with Crippen molar-refractivity contribution >= 4 is 17.1 Å². The molecule has 2 aromatic heterocycles. The number of carbonyl (C=O) groups is 1. The Morgan fingerprint density at radius 1 is 1.24 bits per heavy atom. The molecule has 7 heteroatoms. The lowest BCUT2D eigenvalue weighted by molar-refractivity contribution is 0.0696. The minimum absolute atomic E-state index is 0.0107. The monoisotopic (exact) mass is 345 g/mol. The number of carboxylic acids is 1. The highest BCUT2D eigenvalue weighted by molar-refractivity contribution is 5.91. The van der Waals surface area contributed by atoms with Crippen LogP contribution in [0, 0.1) is 0 Å². The Labute approximate surface area is 145 Å². The molecule has 0 bridgehead atoms. The molecule has 0 radical (unpaired) electrons. The van der Waals surface area contributed by atoms with Crippen LogP contribution in [-0.4, -0.2) is 37.9 Å². The van der Waals surface area contributed by atoms with E-state index in [9.17, 15) is 14.7 Å². The number of fused-ring (bicyclic) bond motifs is 1. The summed E-state index contributed by atoms with van der Waals surface area (Å²) in [6, 6.07) is 1.72.